The van der Waals surface area contributed by atoms with Crippen LogP contribution in [0.2, 0.25) is 5.02 Å². The van der Waals surface area contributed by atoms with E-state index < -0.39 is 0 Å². The van der Waals surface area contributed by atoms with E-state index >= 15 is 0 Å². The van der Waals surface area contributed by atoms with Gasteiger partial charge < -0.3 is 9.13 Å². The summed E-state index contributed by atoms with van der Waals surface area (Å²) in [6, 6.07) is 19.5. The number of hydrogen-bond donors (Lipinski definition) is 0. The molecule has 2 atom stereocenters. The summed E-state index contributed by atoms with van der Waals surface area (Å²) < 4.78 is 4.04. The molecule has 2 bridgehead atoms. The molecule has 3 aliphatic heterocycles. The van der Waals surface area contributed by atoms with Crippen LogP contribution in [0.25, 0.3) is 22.6 Å². The highest BCUT2D eigenvalue weighted by molar-refractivity contribution is 6.37. The Bertz CT molecular complexity index is 1670. The second kappa shape index (κ2) is 8.47. The molecule has 2 aromatic heterocycles. The molecule has 0 aliphatic carbocycles. The van der Waals surface area contributed by atoms with Gasteiger partial charge in [-0.25, -0.2) is 0 Å². The third-order valence-corrected chi connectivity index (χ3v) is 8.38. The molecule has 186 valence electrons. The molecule has 1 saturated heterocycles. The lowest BCUT2D eigenvalue weighted by Gasteiger charge is -2.43. The van der Waals surface area contributed by atoms with Gasteiger partial charge in [0.25, 0.3) is 11.5 Å². The summed E-state index contributed by atoms with van der Waals surface area (Å²) in [6.45, 7) is 2.93. The topological polar surface area (TPSA) is 50.5 Å². The van der Waals surface area contributed by atoms with Gasteiger partial charge in [-0.2, -0.15) is 0 Å². The summed E-state index contributed by atoms with van der Waals surface area (Å²) in [7, 11) is 2.03. The van der Waals surface area contributed by atoms with Gasteiger partial charge in [-0.3, -0.25) is 19.4 Å². The molecule has 1 amide bonds. The fourth-order valence-electron chi connectivity index (χ4n) is 6.56. The third-order valence-electron chi connectivity index (χ3n) is 8.14. The molecule has 5 heterocycles. The fraction of sp³-hybridized carbons (Fsp3) is 0.267. The number of fused-ring (bicyclic) bond motifs is 6. The Kier molecular flexibility index (Phi) is 5.17. The van der Waals surface area contributed by atoms with E-state index in [4.69, 9.17) is 11.6 Å². The molecule has 2 aromatic carbocycles. The number of halogens is 1. The highest BCUT2D eigenvalue weighted by Crippen LogP contribution is 2.41. The standard InChI is InChI=1S/C30H27ClN4O2/c1-32-16-20(23-5-2-3-6-27(23)32)12-25-24-10-9-22(31)13-28(24)35(30(25)37)18-33-14-19-11-21(17-33)26-7-4-8-29(36)34(26)15-19/h2-10,12-13,16,19,21H,11,14-15,17-18H2,1H3/b25-12-/t19-,21+/m0/s1. The average Bonchev–Trinajstić information content (AvgIpc) is 3.34. The lowest BCUT2D eigenvalue weighted by atomic mass is 9.83. The number of aromatic nitrogens is 2. The second-order valence-electron chi connectivity index (χ2n) is 10.5. The average molecular weight is 511 g/mol. The summed E-state index contributed by atoms with van der Waals surface area (Å²) in [4.78, 5) is 30.6. The van der Waals surface area contributed by atoms with Crippen LogP contribution in [0.5, 0.6) is 0 Å². The van der Waals surface area contributed by atoms with Crippen molar-refractivity contribution < 1.29 is 4.79 Å². The van der Waals surface area contributed by atoms with Crippen molar-refractivity contribution >= 4 is 45.7 Å². The van der Waals surface area contributed by atoms with Crippen LogP contribution in [0.1, 0.15) is 29.2 Å². The molecular weight excluding hydrogens is 484 g/mol. The maximum absolute atomic E-state index is 13.9. The van der Waals surface area contributed by atoms with Gasteiger partial charge in [0.2, 0.25) is 0 Å². The van der Waals surface area contributed by atoms with E-state index in [1.807, 2.05) is 59.0 Å². The Morgan fingerprint density at radius 2 is 1.86 bits per heavy atom. The quantitative estimate of drug-likeness (QED) is 0.366. The minimum Gasteiger partial charge on any atom is -0.350 e. The summed E-state index contributed by atoms with van der Waals surface area (Å²) in [6.07, 6.45) is 5.18. The van der Waals surface area contributed by atoms with Gasteiger partial charge >= 0.3 is 0 Å². The number of aryl methyl sites for hydroxylation is 1. The van der Waals surface area contributed by atoms with E-state index in [2.05, 4.69) is 33.9 Å². The lowest BCUT2D eigenvalue weighted by molar-refractivity contribution is -0.113. The lowest BCUT2D eigenvalue weighted by Crippen LogP contribution is -2.50. The van der Waals surface area contributed by atoms with E-state index in [9.17, 15) is 9.59 Å². The van der Waals surface area contributed by atoms with Crippen molar-refractivity contribution in [1.82, 2.24) is 14.0 Å². The molecule has 0 unspecified atom stereocenters. The Morgan fingerprint density at radius 3 is 2.76 bits per heavy atom. The highest BCUT2D eigenvalue weighted by atomic mass is 35.5. The number of rotatable bonds is 3. The number of benzene rings is 2. The van der Waals surface area contributed by atoms with Gasteiger partial charge in [0.05, 0.1) is 12.4 Å². The Morgan fingerprint density at radius 1 is 1.00 bits per heavy atom. The number of anilines is 1. The summed E-state index contributed by atoms with van der Waals surface area (Å²) in [5.74, 6) is 0.690. The highest BCUT2D eigenvalue weighted by Gasteiger charge is 2.38. The third kappa shape index (κ3) is 3.66. The first-order valence-corrected chi connectivity index (χ1v) is 13.1. The van der Waals surface area contributed by atoms with Gasteiger partial charge in [0.1, 0.15) is 0 Å². The van der Waals surface area contributed by atoms with Gasteiger partial charge in [-0.1, -0.05) is 41.9 Å². The number of carbonyl (C=O) groups is 1. The minimum atomic E-state index is -0.00227. The number of carbonyl (C=O) groups excluding carboxylic acids is 1. The molecule has 37 heavy (non-hydrogen) atoms. The van der Waals surface area contributed by atoms with Crippen molar-refractivity contribution in [2.24, 2.45) is 13.0 Å². The van der Waals surface area contributed by atoms with Crippen molar-refractivity contribution in [3.63, 3.8) is 0 Å². The second-order valence-corrected chi connectivity index (χ2v) is 11.0. The van der Waals surface area contributed by atoms with E-state index in [1.54, 1.807) is 6.07 Å². The molecule has 6 nitrogen and oxygen atoms in total. The molecular formula is C30H27ClN4O2. The number of amides is 1. The van der Waals surface area contributed by atoms with Gasteiger partial charge in [0.15, 0.2) is 0 Å². The normalized spacial score (nSPS) is 22.1. The van der Waals surface area contributed by atoms with Crippen LogP contribution in [0, 0.1) is 5.92 Å². The van der Waals surface area contributed by atoms with Gasteiger partial charge in [-0.15, -0.1) is 0 Å². The number of hydrogen-bond acceptors (Lipinski definition) is 3. The largest absolute Gasteiger partial charge is 0.350 e. The van der Waals surface area contributed by atoms with Crippen LogP contribution in [0.15, 0.2) is 71.7 Å². The number of pyridine rings is 1. The molecule has 3 aliphatic rings. The van der Waals surface area contributed by atoms with Crippen LogP contribution in [0.4, 0.5) is 5.69 Å². The molecule has 0 N–H and O–H groups in total. The Hall–Kier alpha value is -3.61. The monoisotopic (exact) mass is 510 g/mol. The zero-order valence-corrected chi connectivity index (χ0v) is 21.4. The first-order chi connectivity index (χ1) is 18.0. The van der Waals surface area contributed by atoms with Crippen LogP contribution >= 0.6 is 11.6 Å². The zero-order valence-electron chi connectivity index (χ0n) is 20.6. The van der Waals surface area contributed by atoms with Gasteiger partial charge in [0, 0.05) is 83.2 Å². The van der Waals surface area contributed by atoms with Crippen LogP contribution in [-0.4, -0.2) is 39.7 Å². The molecule has 4 aromatic rings. The van der Waals surface area contributed by atoms with Gasteiger partial charge in [-0.05, 0) is 42.7 Å². The Balaban J connectivity index is 1.23. The number of nitrogens with zero attached hydrogens (tertiary/aromatic N) is 4. The zero-order chi connectivity index (χ0) is 25.3. The maximum atomic E-state index is 13.9. The van der Waals surface area contributed by atoms with E-state index in [-0.39, 0.29) is 11.5 Å². The Labute approximate surface area is 220 Å². The number of piperidine rings is 1. The SMILES string of the molecule is Cn1cc(/C=C2\C(=O)N(CN3C[C@@H]4C[C@H](C3)c3cccc(=O)n3C4)c3cc(Cl)ccc32)c2ccccc21. The molecule has 0 spiro atoms. The van der Waals surface area contributed by atoms with Crippen LogP contribution < -0.4 is 10.5 Å². The predicted octanol–water partition coefficient (Wildman–Crippen LogP) is 4.96. The summed E-state index contributed by atoms with van der Waals surface area (Å²) in [5, 5.41) is 1.74. The maximum Gasteiger partial charge on any atom is 0.260 e. The van der Waals surface area contributed by atoms with Crippen molar-refractivity contribution in [2.75, 3.05) is 24.7 Å². The van der Waals surface area contributed by atoms with E-state index in [0.717, 1.165) is 59.5 Å². The smallest absolute Gasteiger partial charge is 0.260 e. The predicted molar refractivity (Wildman–Crippen MR) is 148 cm³/mol. The van der Waals surface area contributed by atoms with Crippen molar-refractivity contribution in [1.29, 1.82) is 0 Å². The minimum absolute atomic E-state index is 0.00227. The molecule has 7 rings (SSSR count). The van der Waals surface area contributed by atoms with E-state index in [0.29, 0.717) is 29.1 Å². The molecule has 0 radical (unpaired) electrons. The molecule has 0 saturated carbocycles. The fourth-order valence-corrected chi connectivity index (χ4v) is 6.73. The summed E-state index contributed by atoms with van der Waals surface area (Å²) >= 11 is 6.41. The van der Waals surface area contributed by atoms with Crippen LogP contribution in [-0.2, 0) is 18.4 Å². The number of likely N-dealkylation sites (tertiary alicyclic amines) is 1. The van der Waals surface area contributed by atoms with Crippen molar-refractivity contribution in [2.45, 2.75) is 18.9 Å². The molecule has 7 heteroatoms. The van der Waals surface area contributed by atoms with E-state index in [1.165, 1.54) is 0 Å². The first-order valence-electron chi connectivity index (χ1n) is 12.8. The van der Waals surface area contributed by atoms with Crippen LogP contribution in [0.3, 0.4) is 0 Å². The van der Waals surface area contributed by atoms with Crippen molar-refractivity contribution in [3.8, 4) is 0 Å². The molecule has 1 fully saturated rings. The van der Waals surface area contributed by atoms with Crippen molar-refractivity contribution in [3.05, 3.63) is 99.1 Å². The first kappa shape index (κ1) is 22.6. The number of para-hydroxylation sites is 1. The summed E-state index contributed by atoms with van der Waals surface area (Å²) in [5.41, 5.74) is 5.82.